The van der Waals surface area contributed by atoms with Crippen molar-refractivity contribution in [1.82, 2.24) is 0 Å². The van der Waals surface area contributed by atoms with Crippen LogP contribution in [-0.4, -0.2) is 0 Å². The number of nitriles is 3. The predicted molar refractivity (Wildman–Crippen MR) is 99.2 cm³/mol. The number of fused-ring (bicyclic) bond motifs is 1. The minimum absolute atomic E-state index is 0.0325. The number of nitrogens with two attached hydrogens (primary N) is 1. The number of benzene rings is 1. The SMILES string of the molecule is CC(C)c1ccc([C@H]2[C@@H]3CCCC=C3C(C#N)=C(N)C2(C#N)C#N)cc1. The highest BCUT2D eigenvalue weighted by atomic mass is 14.7. The third-order valence-electron chi connectivity index (χ3n) is 5.76. The molecule has 0 spiro atoms. The molecule has 4 heteroatoms. The van der Waals surface area contributed by atoms with Crippen molar-refractivity contribution in [3.05, 3.63) is 58.3 Å². The topological polar surface area (TPSA) is 97.4 Å². The molecule has 0 saturated heterocycles. The molecule has 2 aliphatic rings. The van der Waals surface area contributed by atoms with Gasteiger partial charge in [-0.15, -0.1) is 0 Å². The fraction of sp³-hybridized carbons (Fsp3) is 0.409. The molecular formula is C22H22N4. The highest BCUT2D eigenvalue weighted by molar-refractivity contribution is 5.59. The predicted octanol–water partition coefficient (Wildman–Crippen LogP) is 4.40. The summed E-state index contributed by atoms with van der Waals surface area (Å²) in [7, 11) is 0. The third-order valence-corrected chi connectivity index (χ3v) is 5.76. The summed E-state index contributed by atoms with van der Waals surface area (Å²) in [5.74, 6) is 0.0182. The Labute approximate surface area is 154 Å². The van der Waals surface area contributed by atoms with Gasteiger partial charge in [0.2, 0.25) is 0 Å². The van der Waals surface area contributed by atoms with Crippen molar-refractivity contribution in [2.45, 2.75) is 44.9 Å². The van der Waals surface area contributed by atoms with Gasteiger partial charge in [-0.05, 0) is 47.8 Å². The number of nitrogens with zero attached hydrogens (tertiary/aromatic N) is 3. The molecule has 1 aromatic carbocycles. The van der Waals surface area contributed by atoms with Gasteiger partial charge in [-0.25, -0.2) is 0 Å². The molecule has 0 saturated carbocycles. The Kier molecular flexibility index (Phi) is 4.58. The lowest BCUT2D eigenvalue weighted by Crippen LogP contribution is -2.42. The first-order chi connectivity index (χ1) is 12.5. The zero-order chi connectivity index (χ0) is 18.9. The van der Waals surface area contributed by atoms with E-state index in [9.17, 15) is 15.8 Å². The van der Waals surface area contributed by atoms with Crippen molar-refractivity contribution >= 4 is 0 Å². The van der Waals surface area contributed by atoms with Crippen LogP contribution < -0.4 is 5.73 Å². The molecule has 0 unspecified atom stereocenters. The Morgan fingerprint density at radius 3 is 2.31 bits per heavy atom. The summed E-state index contributed by atoms with van der Waals surface area (Å²) in [5.41, 5.74) is 8.26. The van der Waals surface area contributed by atoms with Gasteiger partial charge in [-0.2, -0.15) is 15.8 Å². The molecule has 130 valence electrons. The van der Waals surface area contributed by atoms with Gasteiger partial charge in [-0.3, -0.25) is 0 Å². The van der Waals surface area contributed by atoms with E-state index in [0.29, 0.717) is 11.5 Å². The monoisotopic (exact) mass is 342 g/mol. The van der Waals surface area contributed by atoms with E-state index in [1.807, 2.05) is 12.1 Å². The summed E-state index contributed by atoms with van der Waals surface area (Å²) in [5, 5.41) is 29.6. The Balaban J connectivity index is 2.25. The van der Waals surface area contributed by atoms with Crippen molar-refractivity contribution in [2.75, 3.05) is 0 Å². The summed E-state index contributed by atoms with van der Waals surface area (Å²) < 4.78 is 0. The maximum absolute atomic E-state index is 9.97. The van der Waals surface area contributed by atoms with Crippen LogP contribution in [0.5, 0.6) is 0 Å². The normalized spacial score (nSPS) is 24.1. The molecule has 2 atom stereocenters. The Morgan fingerprint density at radius 1 is 1.12 bits per heavy atom. The van der Waals surface area contributed by atoms with Gasteiger partial charge in [0.15, 0.2) is 5.41 Å². The summed E-state index contributed by atoms with van der Waals surface area (Å²) in [6.07, 6.45) is 4.80. The summed E-state index contributed by atoms with van der Waals surface area (Å²) >= 11 is 0. The molecule has 0 radical (unpaired) electrons. The molecule has 0 aromatic heterocycles. The van der Waals surface area contributed by atoms with Crippen molar-refractivity contribution < 1.29 is 0 Å². The second-order valence-electron chi connectivity index (χ2n) is 7.43. The van der Waals surface area contributed by atoms with Crippen LogP contribution in [0.3, 0.4) is 0 Å². The zero-order valence-corrected chi connectivity index (χ0v) is 15.2. The largest absolute Gasteiger partial charge is 0.399 e. The molecule has 26 heavy (non-hydrogen) atoms. The van der Waals surface area contributed by atoms with Gasteiger partial charge < -0.3 is 5.73 Å². The summed E-state index contributed by atoms with van der Waals surface area (Å²) in [6.45, 7) is 4.26. The van der Waals surface area contributed by atoms with E-state index >= 15 is 0 Å². The zero-order valence-electron chi connectivity index (χ0n) is 15.2. The Morgan fingerprint density at radius 2 is 1.77 bits per heavy atom. The quantitative estimate of drug-likeness (QED) is 0.861. The molecule has 0 fully saturated rings. The van der Waals surface area contributed by atoms with E-state index in [2.05, 4.69) is 50.3 Å². The Bertz CT molecular complexity index is 883. The van der Waals surface area contributed by atoms with Gasteiger partial charge in [0.1, 0.15) is 6.07 Å². The van der Waals surface area contributed by atoms with E-state index in [1.165, 1.54) is 5.56 Å². The lowest BCUT2D eigenvalue weighted by Gasteiger charge is -2.43. The van der Waals surface area contributed by atoms with Crippen LogP contribution in [0.25, 0.3) is 0 Å². The molecule has 0 aliphatic heterocycles. The van der Waals surface area contributed by atoms with Crippen LogP contribution in [0.4, 0.5) is 0 Å². The van der Waals surface area contributed by atoms with E-state index in [4.69, 9.17) is 5.73 Å². The van der Waals surface area contributed by atoms with Gasteiger partial charge in [0, 0.05) is 5.92 Å². The van der Waals surface area contributed by atoms with E-state index in [-0.39, 0.29) is 17.5 Å². The van der Waals surface area contributed by atoms with Crippen LogP contribution in [0, 0.1) is 45.3 Å². The molecular weight excluding hydrogens is 320 g/mol. The van der Waals surface area contributed by atoms with Gasteiger partial charge >= 0.3 is 0 Å². The second-order valence-corrected chi connectivity index (χ2v) is 7.43. The van der Waals surface area contributed by atoms with Crippen molar-refractivity contribution in [3.8, 4) is 18.2 Å². The molecule has 2 aliphatic carbocycles. The lowest BCUT2D eigenvalue weighted by molar-refractivity contribution is 0.317. The average molecular weight is 342 g/mol. The van der Waals surface area contributed by atoms with Crippen LogP contribution >= 0.6 is 0 Å². The van der Waals surface area contributed by atoms with Crippen LogP contribution in [0.15, 0.2) is 47.2 Å². The third kappa shape index (κ3) is 2.49. The van der Waals surface area contributed by atoms with E-state index in [0.717, 1.165) is 30.4 Å². The fourth-order valence-electron chi connectivity index (χ4n) is 4.34. The van der Waals surface area contributed by atoms with Crippen LogP contribution in [0.2, 0.25) is 0 Å². The minimum atomic E-state index is -1.51. The summed E-state index contributed by atoms with van der Waals surface area (Å²) in [4.78, 5) is 0. The summed E-state index contributed by atoms with van der Waals surface area (Å²) in [6, 6.07) is 14.7. The molecule has 1 aromatic rings. The first-order valence-corrected chi connectivity index (χ1v) is 9.03. The molecule has 0 bridgehead atoms. The average Bonchev–Trinajstić information content (AvgIpc) is 2.67. The van der Waals surface area contributed by atoms with E-state index in [1.54, 1.807) is 0 Å². The molecule has 2 N–H and O–H groups in total. The standard InChI is InChI=1S/C22H22N4/c1-14(2)15-7-9-16(10-8-15)20-18-6-4-3-5-17(18)19(11-23)21(26)22(20,12-24)13-25/h5,7-10,14,18,20H,3-4,6,26H2,1-2H3/t18-,20+/m1/s1. The first kappa shape index (κ1) is 17.8. The van der Waals surface area contributed by atoms with Gasteiger partial charge in [0.25, 0.3) is 0 Å². The molecule has 0 amide bonds. The van der Waals surface area contributed by atoms with Crippen molar-refractivity contribution in [3.63, 3.8) is 0 Å². The molecule has 0 heterocycles. The maximum Gasteiger partial charge on any atom is 0.191 e. The smallest absolute Gasteiger partial charge is 0.191 e. The maximum atomic E-state index is 9.97. The minimum Gasteiger partial charge on any atom is -0.399 e. The molecule has 4 nitrogen and oxygen atoms in total. The highest BCUT2D eigenvalue weighted by Gasteiger charge is 2.53. The highest BCUT2D eigenvalue weighted by Crippen LogP contribution is 2.55. The first-order valence-electron chi connectivity index (χ1n) is 9.03. The van der Waals surface area contributed by atoms with Crippen LogP contribution in [0.1, 0.15) is 56.1 Å². The second kappa shape index (κ2) is 6.70. The Hall–Kier alpha value is -3.03. The molecule has 3 rings (SSSR count). The lowest BCUT2D eigenvalue weighted by atomic mass is 9.56. The van der Waals surface area contributed by atoms with Gasteiger partial charge in [0.05, 0.1) is 23.4 Å². The van der Waals surface area contributed by atoms with Crippen molar-refractivity contribution in [1.29, 1.82) is 15.8 Å². The van der Waals surface area contributed by atoms with E-state index < -0.39 is 5.41 Å². The number of hydrogen-bond acceptors (Lipinski definition) is 4. The van der Waals surface area contributed by atoms with Gasteiger partial charge in [-0.1, -0.05) is 44.2 Å². The fourth-order valence-corrected chi connectivity index (χ4v) is 4.34. The number of allylic oxidation sites excluding steroid dienone is 4. The number of rotatable bonds is 2. The number of hydrogen-bond donors (Lipinski definition) is 1. The van der Waals surface area contributed by atoms with Crippen LogP contribution in [-0.2, 0) is 0 Å². The van der Waals surface area contributed by atoms with Crippen molar-refractivity contribution in [2.24, 2.45) is 17.1 Å².